The first kappa shape index (κ1) is 17.4. The van der Waals surface area contributed by atoms with Crippen molar-refractivity contribution < 1.29 is 28.2 Å². The van der Waals surface area contributed by atoms with E-state index >= 15 is 0 Å². The standard InChI is InChI=1S/C12H13F3O3S2/c1-7(16)19-6-10(17)11(18)8-2-4-9(5-3-8)20-12(13,14)15/h2-5,10-11,17-18H,6H2,1H3. The fourth-order valence-electron chi connectivity index (χ4n) is 1.38. The molecule has 0 fully saturated rings. The molecule has 0 aliphatic heterocycles. The minimum Gasteiger partial charge on any atom is -0.389 e. The summed E-state index contributed by atoms with van der Waals surface area (Å²) in [5.41, 5.74) is -4.06. The van der Waals surface area contributed by atoms with Crippen LogP contribution in [0.5, 0.6) is 0 Å². The van der Waals surface area contributed by atoms with Gasteiger partial charge in [0.05, 0.1) is 6.10 Å². The number of thioether (sulfide) groups is 2. The number of carbonyl (C=O) groups excluding carboxylic acids is 1. The summed E-state index contributed by atoms with van der Waals surface area (Å²) in [7, 11) is 0. The molecule has 112 valence electrons. The zero-order valence-corrected chi connectivity index (χ0v) is 12.1. The second kappa shape index (κ2) is 7.35. The van der Waals surface area contributed by atoms with Gasteiger partial charge in [-0.3, -0.25) is 4.79 Å². The van der Waals surface area contributed by atoms with Gasteiger partial charge in [-0.2, -0.15) is 13.2 Å². The monoisotopic (exact) mass is 326 g/mol. The van der Waals surface area contributed by atoms with Crippen LogP contribution in [0.4, 0.5) is 13.2 Å². The van der Waals surface area contributed by atoms with Crippen LogP contribution < -0.4 is 0 Å². The second-order valence-electron chi connectivity index (χ2n) is 3.93. The average Bonchev–Trinajstić information content (AvgIpc) is 2.34. The van der Waals surface area contributed by atoms with E-state index in [1.165, 1.54) is 31.2 Å². The zero-order valence-electron chi connectivity index (χ0n) is 10.4. The molecule has 0 bridgehead atoms. The van der Waals surface area contributed by atoms with Gasteiger partial charge in [0, 0.05) is 17.6 Å². The Bertz CT molecular complexity index is 448. The number of halogens is 3. The summed E-state index contributed by atoms with van der Waals surface area (Å²) in [6, 6.07) is 5.09. The second-order valence-corrected chi connectivity index (χ2v) is 6.27. The molecule has 1 rings (SSSR count). The predicted molar refractivity (Wildman–Crippen MR) is 72.5 cm³/mol. The highest BCUT2D eigenvalue weighted by molar-refractivity contribution is 8.13. The van der Waals surface area contributed by atoms with E-state index in [-0.39, 0.29) is 27.5 Å². The normalized spacial score (nSPS) is 14.9. The predicted octanol–water partition coefficient (Wildman–Crippen LogP) is 2.97. The van der Waals surface area contributed by atoms with Gasteiger partial charge in [-0.15, -0.1) is 0 Å². The first-order valence-electron chi connectivity index (χ1n) is 5.54. The van der Waals surface area contributed by atoms with Crippen molar-refractivity contribution in [2.24, 2.45) is 0 Å². The first-order chi connectivity index (χ1) is 9.19. The van der Waals surface area contributed by atoms with Crippen LogP contribution in [0.3, 0.4) is 0 Å². The molecule has 0 saturated carbocycles. The molecule has 20 heavy (non-hydrogen) atoms. The van der Waals surface area contributed by atoms with Crippen molar-refractivity contribution in [2.45, 2.75) is 29.5 Å². The number of aliphatic hydroxyl groups is 2. The van der Waals surface area contributed by atoms with E-state index in [2.05, 4.69) is 0 Å². The summed E-state index contributed by atoms with van der Waals surface area (Å²) >= 11 is 0.622. The summed E-state index contributed by atoms with van der Waals surface area (Å²) in [5.74, 6) is 0.0234. The number of carbonyl (C=O) groups is 1. The SMILES string of the molecule is CC(=O)SCC(O)C(O)c1ccc(SC(F)(F)F)cc1. The van der Waals surface area contributed by atoms with Crippen LogP contribution in [-0.2, 0) is 4.79 Å². The van der Waals surface area contributed by atoms with E-state index in [0.29, 0.717) is 5.56 Å². The van der Waals surface area contributed by atoms with Crippen molar-refractivity contribution in [3.8, 4) is 0 Å². The highest BCUT2D eigenvalue weighted by Gasteiger charge is 2.29. The molecular weight excluding hydrogens is 313 g/mol. The third kappa shape index (κ3) is 6.17. The fraction of sp³-hybridized carbons (Fsp3) is 0.417. The Labute approximate surface area is 122 Å². The van der Waals surface area contributed by atoms with Crippen LogP contribution in [0.25, 0.3) is 0 Å². The average molecular weight is 326 g/mol. The van der Waals surface area contributed by atoms with Crippen LogP contribution in [0, 0.1) is 0 Å². The molecule has 1 aromatic carbocycles. The highest BCUT2D eigenvalue weighted by atomic mass is 32.2. The topological polar surface area (TPSA) is 57.5 Å². The van der Waals surface area contributed by atoms with Crippen molar-refractivity contribution in [3.63, 3.8) is 0 Å². The molecule has 2 N–H and O–H groups in total. The minimum absolute atomic E-state index is 0.000973. The third-order valence-corrected chi connectivity index (χ3v) is 3.93. The number of hydrogen-bond acceptors (Lipinski definition) is 5. The van der Waals surface area contributed by atoms with Gasteiger partial charge in [-0.05, 0) is 29.5 Å². The van der Waals surface area contributed by atoms with Gasteiger partial charge in [0.2, 0.25) is 0 Å². The minimum atomic E-state index is -4.36. The summed E-state index contributed by atoms with van der Waals surface area (Å²) in [4.78, 5) is 10.7. The Morgan fingerprint density at radius 1 is 1.25 bits per heavy atom. The Kier molecular flexibility index (Phi) is 6.38. The van der Waals surface area contributed by atoms with Crippen molar-refractivity contribution in [2.75, 3.05) is 5.75 Å². The smallest absolute Gasteiger partial charge is 0.389 e. The number of hydrogen-bond donors (Lipinski definition) is 2. The molecule has 8 heteroatoms. The van der Waals surface area contributed by atoms with E-state index in [4.69, 9.17) is 0 Å². The van der Waals surface area contributed by atoms with Gasteiger partial charge in [-0.25, -0.2) is 0 Å². The Morgan fingerprint density at radius 2 is 1.80 bits per heavy atom. The van der Waals surface area contributed by atoms with E-state index in [1.807, 2.05) is 0 Å². The summed E-state index contributed by atoms with van der Waals surface area (Å²) in [6.07, 6.45) is -2.41. The van der Waals surface area contributed by atoms with Gasteiger partial charge in [0.25, 0.3) is 0 Å². The Morgan fingerprint density at radius 3 is 2.25 bits per heavy atom. The lowest BCUT2D eigenvalue weighted by atomic mass is 10.1. The lowest BCUT2D eigenvalue weighted by Gasteiger charge is -2.17. The molecule has 2 unspecified atom stereocenters. The van der Waals surface area contributed by atoms with Crippen molar-refractivity contribution >= 4 is 28.6 Å². The molecule has 0 spiro atoms. The first-order valence-corrected chi connectivity index (χ1v) is 7.34. The molecule has 0 amide bonds. The maximum Gasteiger partial charge on any atom is 0.446 e. The molecular formula is C12H13F3O3S2. The third-order valence-electron chi connectivity index (χ3n) is 2.28. The summed E-state index contributed by atoms with van der Waals surface area (Å²) in [5, 5.41) is 19.3. The number of aliphatic hydroxyl groups excluding tert-OH is 2. The number of rotatable bonds is 5. The lowest BCUT2D eigenvalue weighted by molar-refractivity contribution is -0.109. The largest absolute Gasteiger partial charge is 0.446 e. The molecule has 0 aromatic heterocycles. The Balaban J connectivity index is 2.65. The number of benzene rings is 1. The maximum atomic E-state index is 12.1. The molecule has 0 radical (unpaired) electrons. The molecule has 2 atom stereocenters. The molecule has 3 nitrogen and oxygen atoms in total. The highest BCUT2D eigenvalue weighted by Crippen LogP contribution is 2.37. The van der Waals surface area contributed by atoms with Crippen LogP contribution in [0.2, 0.25) is 0 Å². The van der Waals surface area contributed by atoms with Crippen molar-refractivity contribution in [3.05, 3.63) is 29.8 Å². The van der Waals surface area contributed by atoms with Gasteiger partial charge < -0.3 is 10.2 Å². The zero-order chi connectivity index (χ0) is 15.3. The van der Waals surface area contributed by atoms with E-state index in [1.54, 1.807) is 0 Å². The van der Waals surface area contributed by atoms with Crippen LogP contribution in [0.15, 0.2) is 29.2 Å². The molecule has 0 heterocycles. The fourth-order valence-corrected chi connectivity index (χ4v) is 2.51. The molecule has 1 aromatic rings. The molecule has 0 aliphatic rings. The Hall–Kier alpha value is -0.700. The van der Waals surface area contributed by atoms with Gasteiger partial charge in [-0.1, -0.05) is 23.9 Å². The van der Waals surface area contributed by atoms with Gasteiger partial charge >= 0.3 is 5.51 Å². The van der Waals surface area contributed by atoms with E-state index < -0.39 is 17.7 Å². The van der Waals surface area contributed by atoms with E-state index in [0.717, 1.165) is 11.8 Å². The van der Waals surface area contributed by atoms with Crippen LogP contribution in [-0.4, -0.2) is 32.7 Å². The van der Waals surface area contributed by atoms with Gasteiger partial charge in [0.15, 0.2) is 5.12 Å². The van der Waals surface area contributed by atoms with Crippen LogP contribution in [0.1, 0.15) is 18.6 Å². The quantitative estimate of drug-likeness (QED) is 0.815. The molecule has 0 saturated heterocycles. The van der Waals surface area contributed by atoms with Gasteiger partial charge in [0.1, 0.15) is 6.10 Å². The van der Waals surface area contributed by atoms with E-state index in [9.17, 15) is 28.2 Å². The number of alkyl halides is 3. The van der Waals surface area contributed by atoms with Crippen LogP contribution >= 0.6 is 23.5 Å². The maximum absolute atomic E-state index is 12.1. The molecule has 0 aliphatic carbocycles. The van der Waals surface area contributed by atoms with Crippen molar-refractivity contribution in [1.29, 1.82) is 0 Å². The van der Waals surface area contributed by atoms with Crippen molar-refractivity contribution in [1.82, 2.24) is 0 Å². The summed E-state index contributed by atoms with van der Waals surface area (Å²) in [6.45, 7) is 1.34. The summed E-state index contributed by atoms with van der Waals surface area (Å²) < 4.78 is 36.4. The lowest BCUT2D eigenvalue weighted by Crippen LogP contribution is -2.21.